The first-order valence-corrected chi connectivity index (χ1v) is 13.2. The molecule has 0 amide bonds. The molecule has 1 aromatic carbocycles. The van der Waals surface area contributed by atoms with Gasteiger partial charge in [-0.25, -0.2) is 0 Å². The van der Waals surface area contributed by atoms with Crippen molar-refractivity contribution in [1.82, 2.24) is 0 Å². The van der Waals surface area contributed by atoms with Crippen LogP contribution in [0.1, 0.15) is 96.3 Å². The standard InChI is InChI=1S/C27H42O6/c1-4-10-22(11-5-1)28-19-31-25-16-17-26(32-20-29-23-12-6-2-7-13-23)27(18-25)33-21-30-24-14-8-3-9-15-24/h16-18,22-24H,1-15,19-21H2. The fourth-order valence-corrected chi connectivity index (χ4v) is 5.09. The fourth-order valence-electron chi connectivity index (χ4n) is 5.09. The molecular weight excluding hydrogens is 420 g/mol. The predicted octanol–water partition coefficient (Wildman–Crippen LogP) is 6.74. The molecule has 0 saturated heterocycles. The SMILES string of the molecule is c1cc(OCOC2CCCCC2)c(OCOC2CCCCC2)cc1OCOC1CCCCC1. The average Bonchev–Trinajstić information content (AvgIpc) is 2.87. The first-order chi connectivity index (χ1) is 16.4. The largest absolute Gasteiger partial charge is 0.467 e. The summed E-state index contributed by atoms with van der Waals surface area (Å²) in [7, 11) is 0. The van der Waals surface area contributed by atoms with Crippen molar-refractivity contribution in [1.29, 1.82) is 0 Å². The molecule has 33 heavy (non-hydrogen) atoms. The first kappa shape index (κ1) is 24.6. The van der Waals surface area contributed by atoms with Gasteiger partial charge in [-0.3, -0.25) is 0 Å². The second-order valence-corrected chi connectivity index (χ2v) is 9.68. The molecule has 0 N–H and O–H groups in total. The lowest BCUT2D eigenvalue weighted by atomic mass is 9.98. The van der Waals surface area contributed by atoms with Crippen molar-refractivity contribution >= 4 is 0 Å². The second-order valence-electron chi connectivity index (χ2n) is 9.68. The van der Waals surface area contributed by atoms with Crippen molar-refractivity contribution in [2.45, 2.75) is 115 Å². The summed E-state index contributed by atoms with van der Waals surface area (Å²) in [5.41, 5.74) is 0. The van der Waals surface area contributed by atoms with Crippen molar-refractivity contribution in [2.75, 3.05) is 20.4 Å². The summed E-state index contributed by atoms with van der Waals surface area (Å²) in [6.07, 6.45) is 19.0. The minimum Gasteiger partial charge on any atom is -0.467 e. The van der Waals surface area contributed by atoms with Gasteiger partial charge in [-0.1, -0.05) is 57.8 Å². The van der Waals surface area contributed by atoms with Crippen LogP contribution in [-0.2, 0) is 14.2 Å². The van der Waals surface area contributed by atoms with Crippen LogP contribution >= 0.6 is 0 Å². The molecule has 3 fully saturated rings. The van der Waals surface area contributed by atoms with Gasteiger partial charge < -0.3 is 28.4 Å². The number of ether oxygens (including phenoxy) is 6. The zero-order valence-corrected chi connectivity index (χ0v) is 20.1. The molecule has 186 valence electrons. The van der Waals surface area contributed by atoms with E-state index in [1.165, 1.54) is 57.8 Å². The quantitative estimate of drug-likeness (QED) is 0.321. The van der Waals surface area contributed by atoms with Crippen molar-refractivity contribution in [3.8, 4) is 17.2 Å². The van der Waals surface area contributed by atoms with Gasteiger partial charge in [-0.05, 0) is 50.7 Å². The molecule has 1 aromatic rings. The van der Waals surface area contributed by atoms with E-state index in [4.69, 9.17) is 28.4 Å². The Hall–Kier alpha value is -1.50. The van der Waals surface area contributed by atoms with E-state index in [0.29, 0.717) is 35.6 Å². The highest BCUT2D eigenvalue weighted by Crippen LogP contribution is 2.33. The van der Waals surface area contributed by atoms with Gasteiger partial charge in [0.25, 0.3) is 0 Å². The summed E-state index contributed by atoms with van der Waals surface area (Å²) >= 11 is 0. The van der Waals surface area contributed by atoms with Gasteiger partial charge in [-0.15, -0.1) is 0 Å². The van der Waals surface area contributed by atoms with E-state index in [1.807, 2.05) is 18.2 Å². The molecule has 0 unspecified atom stereocenters. The third-order valence-electron chi connectivity index (χ3n) is 7.14. The molecule has 4 rings (SSSR count). The number of rotatable bonds is 12. The van der Waals surface area contributed by atoms with E-state index >= 15 is 0 Å². The molecule has 6 heteroatoms. The maximum atomic E-state index is 6.00. The van der Waals surface area contributed by atoms with E-state index in [2.05, 4.69) is 0 Å². The summed E-state index contributed by atoms with van der Waals surface area (Å²) in [5.74, 6) is 1.98. The molecule has 0 atom stereocenters. The minimum absolute atomic E-state index is 0.215. The van der Waals surface area contributed by atoms with Gasteiger partial charge in [0.2, 0.25) is 0 Å². The zero-order chi connectivity index (χ0) is 22.6. The molecule has 3 saturated carbocycles. The predicted molar refractivity (Wildman–Crippen MR) is 127 cm³/mol. The van der Waals surface area contributed by atoms with Gasteiger partial charge in [0.05, 0.1) is 18.3 Å². The Kier molecular flexibility index (Phi) is 10.5. The van der Waals surface area contributed by atoms with Gasteiger partial charge >= 0.3 is 0 Å². The Morgan fingerprint density at radius 2 is 0.909 bits per heavy atom. The van der Waals surface area contributed by atoms with E-state index in [0.717, 1.165) is 38.5 Å². The van der Waals surface area contributed by atoms with Crippen LogP contribution in [0.3, 0.4) is 0 Å². The smallest absolute Gasteiger partial charge is 0.189 e. The van der Waals surface area contributed by atoms with Crippen molar-refractivity contribution < 1.29 is 28.4 Å². The van der Waals surface area contributed by atoms with Crippen LogP contribution < -0.4 is 14.2 Å². The third kappa shape index (κ3) is 8.66. The molecule has 0 radical (unpaired) electrons. The van der Waals surface area contributed by atoms with E-state index in [9.17, 15) is 0 Å². The van der Waals surface area contributed by atoms with E-state index in [1.54, 1.807) is 0 Å². The van der Waals surface area contributed by atoms with Gasteiger partial charge in [-0.2, -0.15) is 0 Å². The van der Waals surface area contributed by atoms with Crippen LogP contribution in [0, 0.1) is 0 Å². The van der Waals surface area contributed by atoms with Gasteiger partial charge in [0, 0.05) is 6.07 Å². The van der Waals surface area contributed by atoms with Gasteiger partial charge in [0.1, 0.15) is 5.75 Å². The lowest BCUT2D eigenvalue weighted by Crippen LogP contribution is -2.20. The normalized spacial score (nSPS) is 21.1. The van der Waals surface area contributed by atoms with Crippen LogP contribution in [0.4, 0.5) is 0 Å². The van der Waals surface area contributed by atoms with E-state index in [-0.39, 0.29) is 20.4 Å². The molecule has 0 spiro atoms. The topological polar surface area (TPSA) is 55.4 Å². The molecule has 6 nitrogen and oxygen atoms in total. The minimum atomic E-state index is 0.215. The summed E-state index contributed by atoms with van der Waals surface area (Å²) in [5, 5.41) is 0. The molecular formula is C27H42O6. The Balaban J connectivity index is 1.28. The fraction of sp³-hybridized carbons (Fsp3) is 0.778. The van der Waals surface area contributed by atoms with Crippen molar-refractivity contribution in [3.05, 3.63) is 18.2 Å². The highest BCUT2D eigenvalue weighted by molar-refractivity contribution is 5.45. The molecule has 3 aliphatic carbocycles. The number of hydrogen-bond acceptors (Lipinski definition) is 6. The number of benzene rings is 1. The van der Waals surface area contributed by atoms with Crippen molar-refractivity contribution in [2.24, 2.45) is 0 Å². The summed E-state index contributed by atoms with van der Waals surface area (Å²) in [6, 6.07) is 5.65. The maximum Gasteiger partial charge on any atom is 0.189 e. The molecule has 0 aromatic heterocycles. The average molecular weight is 463 g/mol. The molecule has 0 bridgehead atoms. The highest BCUT2D eigenvalue weighted by atomic mass is 16.7. The summed E-state index contributed by atoms with van der Waals surface area (Å²) < 4.78 is 35.6. The number of hydrogen-bond donors (Lipinski definition) is 0. The first-order valence-electron chi connectivity index (χ1n) is 13.2. The van der Waals surface area contributed by atoms with Crippen LogP contribution in [0.25, 0.3) is 0 Å². The Morgan fingerprint density at radius 3 is 1.39 bits per heavy atom. The third-order valence-corrected chi connectivity index (χ3v) is 7.14. The Morgan fingerprint density at radius 1 is 0.485 bits per heavy atom. The zero-order valence-electron chi connectivity index (χ0n) is 20.1. The van der Waals surface area contributed by atoms with Gasteiger partial charge in [0.15, 0.2) is 31.9 Å². The summed E-state index contributed by atoms with van der Waals surface area (Å²) in [6.45, 7) is 0.704. The van der Waals surface area contributed by atoms with Crippen LogP contribution in [0.5, 0.6) is 17.2 Å². The second kappa shape index (κ2) is 14.0. The highest BCUT2D eigenvalue weighted by Gasteiger charge is 2.17. The van der Waals surface area contributed by atoms with Crippen LogP contribution in [-0.4, -0.2) is 38.7 Å². The molecule has 0 aliphatic heterocycles. The Bertz CT molecular complexity index is 663. The van der Waals surface area contributed by atoms with E-state index < -0.39 is 0 Å². The van der Waals surface area contributed by atoms with Crippen molar-refractivity contribution in [3.63, 3.8) is 0 Å². The molecule has 3 aliphatic rings. The lowest BCUT2D eigenvalue weighted by molar-refractivity contribution is -0.0610. The lowest BCUT2D eigenvalue weighted by Gasteiger charge is -2.24. The molecule has 0 heterocycles. The maximum absolute atomic E-state index is 6.00. The van der Waals surface area contributed by atoms with Crippen LogP contribution in [0.15, 0.2) is 18.2 Å². The summed E-state index contributed by atoms with van der Waals surface area (Å²) in [4.78, 5) is 0. The monoisotopic (exact) mass is 462 g/mol. The van der Waals surface area contributed by atoms with Crippen LogP contribution in [0.2, 0.25) is 0 Å². The Labute approximate surface area is 199 Å².